The molecule has 3 heterocycles. The van der Waals surface area contributed by atoms with Crippen LogP contribution in [0.15, 0.2) is 522 Å². The average molecular weight is 1890 g/mol. The van der Waals surface area contributed by atoms with E-state index in [-0.39, 0.29) is 29.7 Å². The Kier molecular flexibility index (Phi) is 18.8. The van der Waals surface area contributed by atoms with Crippen LogP contribution in [0.2, 0.25) is 0 Å². The maximum atomic E-state index is 8.93. The zero-order valence-corrected chi connectivity index (χ0v) is 80.9. The van der Waals surface area contributed by atoms with Gasteiger partial charge in [0.1, 0.15) is 0 Å². The van der Waals surface area contributed by atoms with E-state index in [1.54, 1.807) is 0 Å². The predicted molar refractivity (Wildman–Crippen MR) is 634 cm³/mol. The highest BCUT2D eigenvalue weighted by atomic mass is 32.1. The van der Waals surface area contributed by atoms with Gasteiger partial charge in [0.25, 0.3) is 0 Å². The molecule has 145 heavy (non-hydrogen) atoms. The second-order valence-electron chi connectivity index (χ2n) is 38.0. The van der Waals surface area contributed by atoms with Crippen LogP contribution in [0.25, 0.3) is 301 Å². The average Bonchev–Trinajstić information content (AvgIpc) is 1.50. The van der Waals surface area contributed by atoms with Gasteiger partial charge in [0.15, 0.2) is 0 Å². The zero-order valence-electron chi connectivity index (χ0n) is 83.5. The molecular weight excluding hydrogens is 1800 g/mol. The van der Waals surface area contributed by atoms with E-state index in [1.165, 1.54) is 257 Å². The molecule has 0 saturated carbocycles. The van der Waals surface area contributed by atoms with Crippen LogP contribution in [0, 0.1) is 0 Å². The van der Waals surface area contributed by atoms with E-state index in [4.69, 9.17) is 6.85 Å². The highest BCUT2D eigenvalue weighted by Gasteiger charge is 2.28. The van der Waals surface area contributed by atoms with Crippen molar-refractivity contribution in [3.8, 4) is 100 Å². The van der Waals surface area contributed by atoms with Gasteiger partial charge in [-0.3, -0.25) is 0 Å². The lowest BCUT2D eigenvalue weighted by Gasteiger charge is -2.19. The molecule has 672 valence electrons. The van der Waals surface area contributed by atoms with Crippen LogP contribution in [0.5, 0.6) is 0 Å². The van der Waals surface area contributed by atoms with E-state index in [2.05, 4.69) is 455 Å². The van der Waals surface area contributed by atoms with Crippen LogP contribution in [-0.2, 0) is 0 Å². The van der Waals surface area contributed by atoms with Crippen molar-refractivity contribution in [2.75, 3.05) is 0 Å². The van der Waals surface area contributed by atoms with Crippen LogP contribution >= 0.6 is 34.0 Å². The van der Waals surface area contributed by atoms with E-state index in [0.717, 1.165) is 32.7 Å². The normalized spacial score (nSPS) is 12.3. The van der Waals surface area contributed by atoms with Gasteiger partial charge in [-0.1, -0.05) is 479 Å². The predicted octanol–water partition coefficient (Wildman–Crippen LogP) is 42.2. The van der Waals surface area contributed by atoms with Crippen molar-refractivity contribution in [2.24, 2.45) is 0 Å². The van der Waals surface area contributed by atoms with E-state index < -0.39 is 6.04 Å². The van der Waals surface area contributed by atoms with Gasteiger partial charge in [-0.05, 0) is 277 Å². The van der Waals surface area contributed by atoms with Crippen molar-refractivity contribution in [1.82, 2.24) is 0 Å². The fourth-order valence-corrected chi connectivity index (χ4v) is 27.7. The molecule has 0 fully saturated rings. The van der Waals surface area contributed by atoms with Crippen LogP contribution in [0.4, 0.5) is 0 Å². The summed E-state index contributed by atoms with van der Waals surface area (Å²) >= 11 is 5.64. The van der Waals surface area contributed by atoms with E-state index in [0.29, 0.717) is 5.56 Å². The monoisotopic (exact) mass is 1890 g/mol. The molecule has 31 aromatic rings. The fraction of sp³-hybridized carbons (Fsp3) is 0. The van der Waals surface area contributed by atoms with E-state index in [1.807, 2.05) is 70.4 Å². The summed E-state index contributed by atoms with van der Waals surface area (Å²) in [5.74, 6) is 0. The molecule has 0 nitrogen and oxygen atoms in total. The van der Waals surface area contributed by atoms with Gasteiger partial charge >= 0.3 is 0 Å². The molecular formula is C142H86S3. The smallest absolute Gasteiger partial charge is 0.0629 e. The maximum absolute atomic E-state index is 8.93. The first-order valence-corrected chi connectivity index (χ1v) is 52.0. The first-order valence-electron chi connectivity index (χ1n) is 52.1. The fourth-order valence-electron chi connectivity index (χ4n) is 23.9. The summed E-state index contributed by atoms with van der Waals surface area (Å²) in [6.07, 6.45) is 0. The lowest BCUT2D eigenvalue weighted by Crippen LogP contribution is -1.92. The molecule has 0 bridgehead atoms. The van der Waals surface area contributed by atoms with Crippen LogP contribution in [0.3, 0.4) is 0 Å². The number of hydrogen-bond donors (Lipinski definition) is 0. The summed E-state index contributed by atoms with van der Waals surface area (Å²) in [5, 5.41) is 39.2. The molecule has 0 saturated heterocycles. The van der Waals surface area contributed by atoms with Gasteiger partial charge in [-0.2, -0.15) is 0 Å². The molecule has 31 rings (SSSR count). The van der Waals surface area contributed by atoms with E-state index in [9.17, 15) is 0 Å². The minimum atomic E-state index is -0.393. The highest BCUT2D eigenvalue weighted by Crippen LogP contribution is 2.56. The van der Waals surface area contributed by atoms with Crippen molar-refractivity contribution < 1.29 is 6.85 Å². The third-order valence-corrected chi connectivity index (χ3v) is 33.8. The molecule has 28 aromatic carbocycles. The zero-order chi connectivity index (χ0) is 99.6. The van der Waals surface area contributed by atoms with Gasteiger partial charge in [0.2, 0.25) is 0 Å². The second kappa shape index (κ2) is 34.6. The molecule has 0 N–H and O–H groups in total. The van der Waals surface area contributed by atoms with Crippen LogP contribution < -0.4 is 0 Å². The molecule has 3 aromatic heterocycles. The SMILES string of the molecule is [2H]c1c([2H])c([2H])c(-c2c3ccccc3c(-c3cccc4sc5c(-c6cc7ccccc7c7ccccc67)cccc5c34)c3ccccc23)c([2H])c1[2H].c1ccc2cc(-c3c4ccccc4c(-c4cccc5sc6c(-c7ccc8c(ccc9ccccc98)c7)cccc6c45)c4ccccc34)ccc2c1.c1ccc2cc(-c3cccc4c3sc3cccc(-c5c6ccccc6c(-c6cccc7ccccc67)c6ccccc56)c34)ccc2c1. The first-order chi connectivity index (χ1) is 74.0. The van der Waals surface area contributed by atoms with Crippen molar-refractivity contribution in [3.63, 3.8) is 0 Å². The minimum absolute atomic E-state index is 0.200. The number of thiophene rings is 3. The molecule has 3 heteroatoms. The summed E-state index contributed by atoms with van der Waals surface area (Å²) in [6, 6.07) is 178. The molecule has 0 radical (unpaired) electrons. The van der Waals surface area contributed by atoms with Gasteiger partial charge in [-0.15, -0.1) is 34.0 Å². The third kappa shape index (κ3) is 13.8. The van der Waals surface area contributed by atoms with Crippen molar-refractivity contribution in [3.05, 3.63) is 522 Å². The Labute approximate surface area is 856 Å². The van der Waals surface area contributed by atoms with Gasteiger partial charge in [-0.25, -0.2) is 0 Å². The highest BCUT2D eigenvalue weighted by molar-refractivity contribution is 7.27. The summed E-state index contributed by atoms with van der Waals surface area (Å²) in [4.78, 5) is 0. The van der Waals surface area contributed by atoms with Gasteiger partial charge < -0.3 is 0 Å². The quantitative estimate of drug-likeness (QED) is 0.0998. The topological polar surface area (TPSA) is 0 Å². The Morgan fingerprint density at radius 3 is 0.855 bits per heavy atom. The van der Waals surface area contributed by atoms with Crippen LogP contribution in [0.1, 0.15) is 6.85 Å². The molecule has 0 spiro atoms. The third-order valence-electron chi connectivity index (χ3n) is 30.2. The Morgan fingerprint density at radius 2 is 0.393 bits per heavy atom. The largest absolute Gasteiger partial charge is 0.135 e. The van der Waals surface area contributed by atoms with Gasteiger partial charge in [0.05, 0.1) is 6.85 Å². The number of fused-ring (bicyclic) bond motifs is 24. The van der Waals surface area contributed by atoms with Crippen LogP contribution in [-0.4, -0.2) is 0 Å². The Balaban J connectivity index is 0.000000106. The summed E-state index contributed by atoms with van der Waals surface area (Å²) < 4.78 is 50.8. The molecule has 0 aliphatic heterocycles. The Bertz CT molecular complexity index is 11000. The molecule has 0 atom stereocenters. The standard InChI is InChI=1S/C50H30S.2C46H28S/c1-2-13-33-29-36(26-23-31(33)11-1)47-40-15-5-7-17-42(40)48(43-18-8-6-16-41(43)47)44-20-10-22-46-49(44)45-21-9-19-39(50(45)51-46)35-27-28-38-34(30-35)25-24-32-12-3-4-14-37(32)38;1-2-14-31-28-32(27-26-29(31)12-1)34-21-10-24-41-45-40(23-11-25-42(45)47-46(34)41)44-38-19-7-5-17-36(38)43(37-18-6-8-20-39(37)44)35-22-9-15-30-13-3-4-16-33(30)35;1-2-14-29(15-3-1)43-34-20-8-10-22-36(34)44(37-23-11-9-21-35(37)43)39-25-13-27-42-45(39)40-26-12-24-38(46(40)47-42)41-28-30-16-4-5-17-31(30)32-18-6-7-19-33(32)41/h1-30H;2*1-28H/i;;1D,2D,3D,14D,15D. The van der Waals surface area contributed by atoms with Gasteiger partial charge in [0, 0.05) is 66.1 Å². The molecule has 0 aliphatic rings. The molecule has 0 aliphatic carbocycles. The van der Waals surface area contributed by atoms with Crippen molar-refractivity contribution >= 4 is 235 Å². The van der Waals surface area contributed by atoms with Crippen molar-refractivity contribution in [2.45, 2.75) is 0 Å². The first kappa shape index (κ1) is 78.9. The van der Waals surface area contributed by atoms with Crippen molar-refractivity contribution in [1.29, 1.82) is 0 Å². The Morgan fingerprint density at radius 1 is 0.131 bits per heavy atom. The minimum Gasteiger partial charge on any atom is -0.135 e. The number of rotatable bonds is 9. The van der Waals surface area contributed by atoms with E-state index >= 15 is 0 Å². The summed E-state index contributed by atoms with van der Waals surface area (Å²) in [5.41, 5.74) is 20.9. The number of benzene rings is 28. The molecule has 0 unspecified atom stereocenters. The maximum Gasteiger partial charge on any atom is 0.0629 e. The second-order valence-corrected chi connectivity index (χ2v) is 41.1. The summed E-state index contributed by atoms with van der Waals surface area (Å²) in [7, 11) is 0. The number of hydrogen-bond acceptors (Lipinski definition) is 3. The molecule has 0 amide bonds. The lowest BCUT2D eigenvalue weighted by atomic mass is 9.84. The Hall–Kier alpha value is -17.8. The summed E-state index contributed by atoms with van der Waals surface area (Å²) in [6.45, 7) is 0. The lowest BCUT2D eigenvalue weighted by molar-refractivity contribution is 1.67.